The van der Waals surface area contributed by atoms with Crippen LogP contribution in [0, 0.1) is 11.8 Å². The highest BCUT2D eigenvalue weighted by Crippen LogP contribution is 2.31. The van der Waals surface area contributed by atoms with E-state index in [1.54, 1.807) is 7.11 Å². The average Bonchev–Trinajstić information content (AvgIpc) is 2.46. The molecule has 1 unspecified atom stereocenters. The van der Waals surface area contributed by atoms with E-state index in [2.05, 4.69) is 51.2 Å². The minimum atomic E-state index is 0.568. The van der Waals surface area contributed by atoms with Gasteiger partial charge in [0.1, 0.15) is 5.75 Å². The number of ether oxygens (including phenoxy) is 1. The third-order valence-corrected chi connectivity index (χ3v) is 4.06. The summed E-state index contributed by atoms with van der Waals surface area (Å²) >= 11 is 0. The van der Waals surface area contributed by atoms with E-state index in [1.807, 2.05) is 6.07 Å². The zero-order chi connectivity index (χ0) is 15.0. The quantitative estimate of drug-likeness (QED) is 0.719. The number of hydrogen-bond acceptors (Lipinski definition) is 2. The lowest BCUT2D eigenvalue weighted by atomic mass is 9.82. The summed E-state index contributed by atoms with van der Waals surface area (Å²) in [5.41, 5.74) is 1.40. The van der Waals surface area contributed by atoms with Crippen molar-refractivity contribution in [1.29, 1.82) is 0 Å². The van der Waals surface area contributed by atoms with Crippen molar-refractivity contribution in [3.63, 3.8) is 0 Å². The molecule has 1 aromatic carbocycles. The van der Waals surface area contributed by atoms with Crippen LogP contribution in [0.25, 0.3) is 0 Å². The van der Waals surface area contributed by atoms with Crippen LogP contribution in [0.1, 0.15) is 52.0 Å². The van der Waals surface area contributed by atoms with Crippen molar-refractivity contribution < 1.29 is 4.74 Å². The van der Waals surface area contributed by atoms with Crippen LogP contribution in [0.2, 0.25) is 0 Å². The first-order valence-corrected chi connectivity index (χ1v) is 7.96. The van der Waals surface area contributed by atoms with Gasteiger partial charge < -0.3 is 10.1 Å². The predicted octanol–water partition coefficient (Wildman–Crippen LogP) is 4.46. The first kappa shape index (κ1) is 17.0. The Morgan fingerprint density at radius 3 is 2.35 bits per heavy atom. The van der Waals surface area contributed by atoms with E-state index in [0.29, 0.717) is 11.8 Å². The molecule has 114 valence electrons. The number of nitrogens with one attached hydrogen (secondary N) is 1. The van der Waals surface area contributed by atoms with Gasteiger partial charge in [-0.15, -0.1) is 0 Å². The van der Waals surface area contributed by atoms with Gasteiger partial charge >= 0.3 is 0 Å². The highest BCUT2D eigenvalue weighted by molar-refractivity contribution is 5.31. The summed E-state index contributed by atoms with van der Waals surface area (Å²) in [5, 5.41) is 3.63. The van der Waals surface area contributed by atoms with E-state index >= 15 is 0 Å². The van der Waals surface area contributed by atoms with Gasteiger partial charge in [-0.25, -0.2) is 0 Å². The van der Waals surface area contributed by atoms with E-state index in [4.69, 9.17) is 4.74 Å². The highest BCUT2D eigenvalue weighted by atomic mass is 16.5. The van der Waals surface area contributed by atoms with Gasteiger partial charge in [-0.3, -0.25) is 0 Å². The molecule has 0 spiro atoms. The van der Waals surface area contributed by atoms with Gasteiger partial charge in [-0.1, -0.05) is 52.7 Å². The van der Waals surface area contributed by atoms with Crippen LogP contribution >= 0.6 is 0 Å². The van der Waals surface area contributed by atoms with Gasteiger partial charge in [-0.2, -0.15) is 0 Å². The summed E-state index contributed by atoms with van der Waals surface area (Å²) in [5.74, 6) is 2.95. The second kappa shape index (κ2) is 9.02. The van der Waals surface area contributed by atoms with Crippen molar-refractivity contribution in [3.8, 4) is 5.75 Å². The topological polar surface area (TPSA) is 21.3 Å². The monoisotopic (exact) mass is 277 g/mol. The molecule has 0 radical (unpaired) electrons. The first-order valence-electron chi connectivity index (χ1n) is 7.96. The largest absolute Gasteiger partial charge is 0.497 e. The summed E-state index contributed by atoms with van der Waals surface area (Å²) in [6.45, 7) is 11.2. The second-order valence-corrected chi connectivity index (χ2v) is 6.01. The molecule has 2 heteroatoms. The van der Waals surface area contributed by atoms with Crippen molar-refractivity contribution in [2.75, 3.05) is 20.2 Å². The Labute approximate surface area is 124 Å². The van der Waals surface area contributed by atoms with Gasteiger partial charge in [0.05, 0.1) is 7.11 Å². The van der Waals surface area contributed by atoms with E-state index in [-0.39, 0.29) is 0 Å². The van der Waals surface area contributed by atoms with Gasteiger partial charge in [0.2, 0.25) is 0 Å². The molecule has 1 rings (SSSR count). The maximum Gasteiger partial charge on any atom is 0.119 e. The molecule has 0 amide bonds. The van der Waals surface area contributed by atoms with Crippen LogP contribution in [-0.4, -0.2) is 20.2 Å². The molecule has 0 aliphatic carbocycles. The minimum Gasteiger partial charge on any atom is -0.497 e. The molecule has 1 N–H and O–H groups in total. The Morgan fingerprint density at radius 1 is 1.10 bits per heavy atom. The fourth-order valence-corrected chi connectivity index (χ4v) is 2.81. The van der Waals surface area contributed by atoms with Crippen LogP contribution in [0.4, 0.5) is 0 Å². The summed E-state index contributed by atoms with van der Waals surface area (Å²) in [7, 11) is 1.74. The molecule has 0 aliphatic rings. The smallest absolute Gasteiger partial charge is 0.119 e. The molecule has 0 saturated carbocycles. The van der Waals surface area contributed by atoms with Crippen molar-refractivity contribution in [1.82, 2.24) is 5.32 Å². The van der Waals surface area contributed by atoms with Crippen molar-refractivity contribution in [3.05, 3.63) is 29.8 Å². The average molecular weight is 277 g/mol. The SMILES string of the molecule is CCC(CC)C(CNCC(C)C)c1cccc(OC)c1. The van der Waals surface area contributed by atoms with Crippen LogP contribution in [0.3, 0.4) is 0 Å². The fraction of sp³-hybridized carbons (Fsp3) is 0.667. The molecule has 0 bridgehead atoms. The molecule has 1 aromatic rings. The van der Waals surface area contributed by atoms with Gasteiger partial charge in [0.25, 0.3) is 0 Å². The second-order valence-electron chi connectivity index (χ2n) is 6.01. The summed E-state index contributed by atoms with van der Waals surface area (Å²) in [6.07, 6.45) is 2.45. The summed E-state index contributed by atoms with van der Waals surface area (Å²) in [4.78, 5) is 0. The molecule has 2 nitrogen and oxygen atoms in total. The van der Waals surface area contributed by atoms with E-state index in [0.717, 1.165) is 24.8 Å². The van der Waals surface area contributed by atoms with E-state index in [1.165, 1.54) is 18.4 Å². The van der Waals surface area contributed by atoms with Crippen LogP contribution in [0.15, 0.2) is 24.3 Å². The predicted molar refractivity (Wildman–Crippen MR) is 87.5 cm³/mol. The van der Waals surface area contributed by atoms with Crippen molar-refractivity contribution >= 4 is 0 Å². The Kier molecular flexibility index (Phi) is 7.68. The zero-order valence-corrected chi connectivity index (χ0v) is 13.8. The molecule has 0 heterocycles. The Morgan fingerprint density at radius 2 is 1.80 bits per heavy atom. The molecule has 0 aromatic heterocycles. The molecule has 1 atom stereocenters. The number of methoxy groups -OCH3 is 1. The van der Waals surface area contributed by atoms with Crippen LogP contribution < -0.4 is 10.1 Å². The molecular formula is C18H31NO. The third-order valence-electron chi connectivity index (χ3n) is 4.06. The maximum absolute atomic E-state index is 5.37. The van der Waals surface area contributed by atoms with Crippen molar-refractivity contribution in [2.24, 2.45) is 11.8 Å². The molecule has 20 heavy (non-hydrogen) atoms. The van der Waals surface area contributed by atoms with Crippen LogP contribution in [-0.2, 0) is 0 Å². The fourth-order valence-electron chi connectivity index (χ4n) is 2.81. The number of hydrogen-bond donors (Lipinski definition) is 1. The Balaban J connectivity index is 2.84. The normalized spacial score (nSPS) is 12.9. The lowest BCUT2D eigenvalue weighted by Gasteiger charge is -2.27. The van der Waals surface area contributed by atoms with Crippen LogP contribution in [0.5, 0.6) is 5.75 Å². The first-order chi connectivity index (χ1) is 9.62. The lowest BCUT2D eigenvalue weighted by Crippen LogP contribution is -2.29. The molecule has 0 aliphatic heterocycles. The number of benzene rings is 1. The minimum absolute atomic E-state index is 0.568. The zero-order valence-electron chi connectivity index (χ0n) is 13.8. The van der Waals surface area contributed by atoms with Crippen molar-refractivity contribution in [2.45, 2.75) is 46.5 Å². The van der Waals surface area contributed by atoms with Gasteiger partial charge in [0.15, 0.2) is 0 Å². The number of rotatable bonds is 9. The highest BCUT2D eigenvalue weighted by Gasteiger charge is 2.20. The van der Waals surface area contributed by atoms with Gasteiger partial charge in [-0.05, 0) is 42.0 Å². The van der Waals surface area contributed by atoms with Gasteiger partial charge in [0, 0.05) is 6.54 Å². The van der Waals surface area contributed by atoms with E-state index in [9.17, 15) is 0 Å². The Hall–Kier alpha value is -1.02. The lowest BCUT2D eigenvalue weighted by molar-refractivity contribution is 0.370. The molecule has 0 saturated heterocycles. The molecular weight excluding hydrogens is 246 g/mol. The maximum atomic E-state index is 5.37. The molecule has 0 fully saturated rings. The standard InChI is InChI=1S/C18H31NO/c1-6-15(7-2)18(13-19-12-14(3)4)16-9-8-10-17(11-16)20-5/h8-11,14-15,18-19H,6-7,12-13H2,1-5H3. The van der Waals surface area contributed by atoms with E-state index < -0.39 is 0 Å². The Bertz CT molecular complexity index is 371. The summed E-state index contributed by atoms with van der Waals surface area (Å²) in [6, 6.07) is 8.56. The summed E-state index contributed by atoms with van der Waals surface area (Å²) < 4.78 is 5.37. The third kappa shape index (κ3) is 5.16.